The van der Waals surface area contributed by atoms with E-state index >= 15 is 0 Å². The van der Waals surface area contributed by atoms with Crippen LogP contribution in [-0.2, 0) is 6.61 Å². The average Bonchev–Trinajstić information content (AvgIpc) is 2.95. The summed E-state index contributed by atoms with van der Waals surface area (Å²) in [5, 5.41) is 0. The van der Waals surface area contributed by atoms with Crippen LogP contribution in [-0.4, -0.2) is 6.54 Å². The Morgan fingerprint density at radius 1 is 0.792 bits per heavy atom. The SMILES string of the molecule is NCCC1c2ccccc2-c2ccc(OCc3ccccc3)cc21. The zero-order valence-corrected chi connectivity index (χ0v) is 13.6. The van der Waals surface area contributed by atoms with Crippen molar-refractivity contribution in [1.29, 1.82) is 0 Å². The summed E-state index contributed by atoms with van der Waals surface area (Å²) >= 11 is 0. The molecule has 0 saturated heterocycles. The molecule has 0 fully saturated rings. The topological polar surface area (TPSA) is 35.2 Å². The van der Waals surface area contributed by atoms with Gasteiger partial charge >= 0.3 is 0 Å². The Bertz CT molecular complexity index is 842. The fourth-order valence-electron chi connectivity index (χ4n) is 3.60. The molecule has 0 aliphatic heterocycles. The van der Waals surface area contributed by atoms with E-state index in [1.54, 1.807) is 0 Å². The summed E-state index contributed by atoms with van der Waals surface area (Å²) < 4.78 is 6.01. The van der Waals surface area contributed by atoms with Gasteiger partial charge in [0.25, 0.3) is 0 Å². The van der Waals surface area contributed by atoms with Crippen LogP contribution in [0.25, 0.3) is 11.1 Å². The van der Waals surface area contributed by atoms with Gasteiger partial charge in [-0.05, 0) is 52.9 Å². The molecule has 2 nitrogen and oxygen atoms in total. The Hall–Kier alpha value is -2.58. The number of ether oxygens (including phenoxy) is 1. The Labute approximate surface area is 142 Å². The van der Waals surface area contributed by atoms with E-state index in [0.29, 0.717) is 19.1 Å². The summed E-state index contributed by atoms with van der Waals surface area (Å²) in [6, 6.07) is 25.4. The van der Waals surface area contributed by atoms with Gasteiger partial charge in [0.15, 0.2) is 0 Å². The smallest absolute Gasteiger partial charge is 0.120 e. The molecule has 0 radical (unpaired) electrons. The maximum absolute atomic E-state index is 6.01. The standard InChI is InChI=1S/C22H21NO/c23-13-12-21-19-9-5-4-8-18(19)20-11-10-17(14-22(20)21)24-15-16-6-2-1-3-7-16/h1-11,14,21H,12-13,15,23H2. The fraction of sp³-hybridized carbons (Fsp3) is 0.182. The molecule has 0 heterocycles. The number of benzene rings is 3. The third-order valence-electron chi connectivity index (χ3n) is 4.73. The van der Waals surface area contributed by atoms with Crippen molar-refractivity contribution in [3.05, 3.63) is 89.5 Å². The Kier molecular flexibility index (Phi) is 4.06. The van der Waals surface area contributed by atoms with Crippen molar-refractivity contribution >= 4 is 0 Å². The van der Waals surface area contributed by atoms with Crippen molar-refractivity contribution in [3.63, 3.8) is 0 Å². The van der Waals surface area contributed by atoms with Gasteiger partial charge in [-0.25, -0.2) is 0 Å². The number of fused-ring (bicyclic) bond motifs is 3. The predicted octanol–water partition coefficient (Wildman–Crippen LogP) is 4.73. The van der Waals surface area contributed by atoms with Crippen LogP contribution < -0.4 is 10.5 Å². The lowest BCUT2D eigenvalue weighted by Gasteiger charge is -2.14. The lowest BCUT2D eigenvalue weighted by atomic mass is 9.93. The minimum atomic E-state index is 0.376. The average molecular weight is 315 g/mol. The van der Waals surface area contributed by atoms with Crippen LogP contribution in [0.1, 0.15) is 29.0 Å². The molecular weight excluding hydrogens is 294 g/mol. The van der Waals surface area contributed by atoms with E-state index in [1.807, 2.05) is 18.2 Å². The highest BCUT2D eigenvalue weighted by atomic mass is 16.5. The first-order chi connectivity index (χ1) is 11.9. The second-order valence-electron chi connectivity index (χ2n) is 6.24. The first-order valence-electron chi connectivity index (χ1n) is 8.47. The molecule has 4 rings (SSSR count). The molecule has 0 saturated carbocycles. The monoisotopic (exact) mass is 315 g/mol. The van der Waals surface area contributed by atoms with Crippen molar-refractivity contribution in [2.75, 3.05) is 6.54 Å². The number of hydrogen-bond donors (Lipinski definition) is 1. The molecular formula is C22H21NO. The van der Waals surface area contributed by atoms with Crippen LogP contribution in [0.2, 0.25) is 0 Å². The Morgan fingerprint density at radius 2 is 1.54 bits per heavy atom. The number of rotatable bonds is 5. The van der Waals surface area contributed by atoms with Crippen LogP contribution in [0.15, 0.2) is 72.8 Å². The van der Waals surface area contributed by atoms with Gasteiger partial charge in [0.1, 0.15) is 12.4 Å². The molecule has 120 valence electrons. The van der Waals surface area contributed by atoms with E-state index in [9.17, 15) is 0 Å². The van der Waals surface area contributed by atoms with Crippen molar-refractivity contribution in [1.82, 2.24) is 0 Å². The zero-order valence-electron chi connectivity index (χ0n) is 13.6. The third-order valence-corrected chi connectivity index (χ3v) is 4.73. The molecule has 0 spiro atoms. The number of hydrogen-bond acceptors (Lipinski definition) is 2. The van der Waals surface area contributed by atoms with Crippen molar-refractivity contribution < 1.29 is 4.74 Å². The van der Waals surface area contributed by atoms with Crippen molar-refractivity contribution in [2.24, 2.45) is 5.73 Å². The normalized spacial score (nSPS) is 15.0. The molecule has 2 heteroatoms. The van der Waals surface area contributed by atoms with Crippen LogP contribution in [0.4, 0.5) is 0 Å². The van der Waals surface area contributed by atoms with E-state index in [1.165, 1.54) is 27.8 Å². The molecule has 3 aromatic carbocycles. The second kappa shape index (κ2) is 6.50. The predicted molar refractivity (Wildman–Crippen MR) is 98.2 cm³/mol. The van der Waals surface area contributed by atoms with E-state index < -0.39 is 0 Å². The van der Waals surface area contributed by atoms with E-state index in [4.69, 9.17) is 10.5 Å². The zero-order chi connectivity index (χ0) is 16.4. The molecule has 1 aliphatic rings. The molecule has 24 heavy (non-hydrogen) atoms. The van der Waals surface area contributed by atoms with Crippen LogP contribution in [0.3, 0.4) is 0 Å². The molecule has 1 aliphatic carbocycles. The molecule has 0 amide bonds. The summed E-state index contributed by atoms with van der Waals surface area (Å²) in [7, 11) is 0. The van der Waals surface area contributed by atoms with Crippen molar-refractivity contribution in [3.8, 4) is 16.9 Å². The van der Waals surface area contributed by atoms with Gasteiger partial charge in [0, 0.05) is 5.92 Å². The minimum absolute atomic E-state index is 0.376. The van der Waals surface area contributed by atoms with Gasteiger partial charge < -0.3 is 10.5 Å². The van der Waals surface area contributed by atoms with Gasteiger partial charge in [0.05, 0.1) is 0 Å². The van der Waals surface area contributed by atoms with Crippen molar-refractivity contribution in [2.45, 2.75) is 18.9 Å². The third kappa shape index (κ3) is 2.70. The van der Waals surface area contributed by atoms with Crippen LogP contribution in [0.5, 0.6) is 5.75 Å². The molecule has 1 unspecified atom stereocenters. The van der Waals surface area contributed by atoms with Crippen LogP contribution in [0, 0.1) is 0 Å². The highest BCUT2D eigenvalue weighted by molar-refractivity contribution is 5.79. The largest absolute Gasteiger partial charge is 0.489 e. The molecule has 2 N–H and O–H groups in total. The van der Waals surface area contributed by atoms with E-state index in [0.717, 1.165) is 12.2 Å². The van der Waals surface area contributed by atoms with Gasteiger partial charge in [0.2, 0.25) is 0 Å². The summed E-state index contributed by atoms with van der Waals surface area (Å²) in [4.78, 5) is 0. The van der Waals surface area contributed by atoms with Gasteiger partial charge in [-0.3, -0.25) is 0 Å². The van der Waals surface area contributed by atoms with E-state index in [-0.39, 0.29) is 0 Å². The quantitative estimate of drug-likeness (QED) is 0.739. The summed E-state index contributed by atoms with van der Waals surface area (Å²) in [5.41, 5.74) is 12.4. The van der Waals surface area contributed by atoms with Crippen LogP contribution >= 0.6 is 0 Å². The lowest BCUT2D eigenvalue weighted by Crippen LogP contribution is -2.06. The second-order valence-corrected chi connectivity index (χ2v) is 6.24. The molecule has 0 bridgehead atoms. The lowest BCUT2D eigenvalue weighted by molar-refractivity contribution is 0.306. The highest BCUT2D eigenvalue weighted by Crippen LogP contribution is 2.47. The Morgan fingerprint density at radius 3 is 2.38 bits per heavy atom. The van der Waals surface area contributed by atoms with Gasteiger partial charge in [-0.1, -0.05) is 60.7 Å². The maximum Gasteiger partial charge on any atom is 0.120 e. The summed E-state index contributed by atoms with van der Waals surface area (Å²) in [5.74, 6) is 1.30. The fourth-order valence-corrected chi connectivity index (χ4v) is 3.60. The minimum Gasteiger partial charge on any atom is -0.489 e. The Balaban J connectivity index is 1.63. The van der Waals surface area contributed by atoms with E-state index in [2.05, 4.69) is 54.6 Å². The first kappa shape index (κ1) is 15.0. The summed E-state index contributed by atoms with van der Waals surface area (Å²) in [6.07, 6.45) is 0.964. The summed E-state index contributed by atoms with van der Waals surface area (Å²) in [6.45, 7) is 1.28. The van der Waals surface area contributed by atoms with Gasteiger partial charge in [-0.2, -0.15) is 0 Å². The first-order valence-corrected chi connectivity index (χ1v) is 8.47. The molecule has 0 aromatic heterocycles. The molecule has 3 aromatic rings. The highest BCUT2D eigenvalue weighted by Gasteiger charge is 2.28. The number of nitrogens with two attached hydrogens (primary N) is 1. The molecule has 1 atom stereocenters. The maximum atomic E-state index is 6.01. The van der Waals surface area contributed by atoms with Gasteiger partial charge in [-0.15, -0.1) is 0 Å².